The summed E-state index contributed by atoms with van der Waals surface area (Å²) in [5.41, 5.74) is 1.83. The van der Waals surface area contributed by atoms with Crippen LogP contribution in [-0.4, -0.2) is 46.0 Å². The third-order valence-electron chi connectivity index (χ3n) is 6.29. The SMILES string of the molecule is CCC(C)NC(=O)c1ccccc1NC(=O)C1CCN(Cc2nc(-c3cccc(Cl)c3)no2)CC1. The minimum atomic E-state index is -0.179. The minimum Gasteiger partial charge on any atom is -0.350 e. The van der Waals surface area contributed by atoms with Gasteiger partial charge in [0.1, 0.15) is 0 Å². The standard InChI is InChI=1S/C26H30ClN5O3/c1-3-17(2)28-26(34)21-9-4-5-10-22(21)29-25(33)18-11-13-32(14-12-18)16-23-30-24(31-35-23)19-7-6-8-20(27)15-19/h4-10,15,17-18H,3,11-14,16H2,1-2H3,(H,28,34)(H,29,33). The van der Waals surface area contributed by atoms with Gasteiger partial charge in [0.15, 0.2) is 0 Å². The van der Waals surface area contributed by atoms with E-state index in [0.717, 1.165) is 25.1 Å². The molecule has 3 aromatic rings. The molecule has 1 atom stereocenters. The molecule has 9 heteroatoms. The fraction of sp³-hybridized carbons (Fsp3) is 0.385. The Morgan fingerprint density at radius 1 is 1.17 bits per heavy atom. The summed E-state index contributed by atoms with van der Waals surface area (Å²) in [6.45, 7) is 5.98. The van der Waals surface area contributed by atoms with Crippen LogP contribution in [-0.2, 0) is 11.3 Å². The van der Waals surface area contributed by atoms with Gasteiger partial charge in [-0.25, -0.2) is 0 Å². The van der Waals surface area contributed by atoms with E-state index in [1.54, 1.807) is 30.3 Å². The van der Waals surface area contributed by atoms with E-state index in [-0.39, 0.29) is 23.8 Å². The number of piperidine rings is 1. The van der Waals surface area contributed by atoms with E-state index in [9.17, 15) is 9.59 Å². The molecule has 1 fully saturated rings. The van der Waals surface area contributed by atoms with Crippen molar-refractivity contribution in [3.8, 4) is 11.4 Å². The predicted octanol–water partition coefficient (Wildman–Crippen LogP) is 4.77. The Labute approximate surface area is 210 Å². The summed E-state index contributed by atoms with van der Waals surface area (Å²) in [6, 6.07) is 14.5. The van der Waals surface area contributed by atoms with E-state index >= 15 is 0 Å². The molecule has 0 saturated carbocycles. The van der Waals surface area contributed by atoms with Crippen LogP contribution >= 0.6 is 11.6 Å². The average molecular weight is 496 g/mol. The molecule has 1 aliphatic rings. The van der Waals surface area contributed by atoms with Crippen molar-refractivity contribution < 1.29 is 14.1 Å². The van der Waals surface area contributed by atoms with E-state index in [1.807, 2.05) is 32.0 Å². The fourth-order valence-corrected chi connectivity index (χ4v) is 4.23. The molecule has 2 heterocycles. The van der Waals surface area contributed by atoms with Gasteiger partial charge in [-0.1, -0.05) is 47.9 Å². The van der Waals surface area contributed by atoms with Crippen molar-refractivity contribution in [2.45, 2.75) is 45.7 Å². The van der Waals surface area contributed by atoms with Crippen molar-refractivity contribution in [3.63, 3.8) is 0 Å². The number of nitrogens with one attached hydrogen (secondary N) is 2. The number of likely N-dealkylation sites (tertiary alicyclic amines) is 1. The zero-order valence-corrected chi connectivity index (χ0v) is 20.7. The monoisotopic (exact) mass is 495 g/mol. The molecule has 4 rings (SSSR count). The van der Waals surface area contributed by atoms with Crippen molar-refractivity contribution in [2.75, 3.05) is 18.4 Å². The van der Waals surface area contributed by atoms with Crippen LogP contribution in [0.2, 0.25) is 5.02 Å². The number of para-hydroxylation sites is 1. The van der Waals surface area contributed by atoms with Gasteiger partial charge in [0.05, 0.1) is 17.8 Å². The van der Waals surface area contributed by atoms with Gasteiger partial charge in [-0.3, -0.25) is 14.5 Å². The molecule has 184 valence electrons. The number of nitrogens with zero attached hydrogens (tertiary/aromatic N) is 3. The Bertz CT molecular complexity index is 1170. The molecule has 1 unspecified atom stereocenters. The first-order valence-electron chi connectivity index (χ1n) is 11.9. The molecule has 0 radical (unpaired) electrons. The van der Waals surface area contributed by atoms with Gasteiger partial charge >= 0.3 is 0 Å². The number of carbonyl (C=O) groups is 2. The number of benzene rings is 2. The number of aromatic nitrogens is 2. The number of anilines is 1. The molecule has 2 aromatic carbocycles. The van der Waals surface area contributed by atoms with Crippen molar-refractivity contribution >= 4 is 29.1 Å². The summed E-state index contributed by atoms with van der Waals surface area (Å²) >= 11 is 6.05. The minimum absolute atomic E-state index is 0.0607. The second-order valence-corrected chi connectivity index (χ2v) is 9.33. The van der Waals surface area contributed by atoms with Gasteiger partial charge in [0, 0.05) is 22.5 Å². The lowest BCUT2D eigenvalue weighted by molar-refractivity contribution is -0.121. The normalized spacial score (nSPS) is 15.5. The lowest BCUT2D eigenvalue weighted by Gasteiger charge is -2.30. The lowest BCUT2D eigenvalue weighted by Crippen LogP contribution is -2.38. The number of hydrogen-bond acceptors (Lipinski definition) is 6. The maximum atomic E-state index is 13.0. The van der Waals surface area contributed by atoms with E-state index in [0.29, 0.717) is 47.4 Å². The third-order valence-corrected chi connectivity index (χ3v) is 6.52. The highest BCUT2D eigenvalue weighted by molar-refractivity contribution is 6.30. The van der Waals surface area contributed by atoms with Crippen LogP contribution in [0.5, 0.6) is 0 Å². The topological polar surface area (TPSA) is 100 Å². The van der Waals surface area contributed by atoms with Crippen molar-refractivity contribution in [1.82, 2.24) is 20.4 Å². The second-order valence-electron chi connectivity index (χ2n) is 8.89. The molecule has 0 bridgehead atoms. The summed E-state index contributed by atoms with van der Waals surface area (Å²) in [5, 5.41) is 10.6. The van der Waals surface area contributed by atoms with Gasteiger partial charge in [-0.15, -0.1) is 0 Å². The highest BCUT2D eigenvalue weighted by Gasteiger charge is 2.27. The van der Waals surface area contributed by atoms with E-state index in [4.69, 9.17) is 16.1 Å². The number of hydrogen-bond donors (Lipinski definition) is 2. The average Bonchev–Trinajstić information content (AvgIpc) is 3.33. The Morgan fingerprint density at radius 2 is 1.94 bits per heavy atom. The van der Waals surface area contributed by atoms with E-state index in [1.165, 1.54) is 0 Å². The van der Waals surface area contributed by atoms with Crippen molar-refractivity contribution in [1.29, 1.82) is 0 Å². The molecule has 1 aliphatic heterocycles. The van der Waals surface area contributed by atoms with Gasteiger partial charge in [0.2, 0.25) is 17.6 Å². The Hall–Kier alpha value is -3.23. The summed E-state index contributed by atoms with van der Waals surface area (Å²) < 4.78 is 5.42. The second kappa shape index (κ2) is 11.5. The summed E-state index contributed by atoms with van der Waals surface area (Å²) in [6.07, 6.45) is 2.26. The Morgan fingerprint density at radius 3 is 2.69 bits per heavy atom. The highest BCUT2D eigenvalue weighted by atomic mass is 35.5. The molecule has 8 nitrogen and oxygen atoms in total. The number of carbonyl (C=O) groups excluding carboxylic acids is 2. The molecular weight excluding hydrogens is 466 g/mol. The lowest BCUT2D eigenvalue weighted by atomic mass is 9.95. The smallest absolute Gasteiger partial charge is 0.253 e. The molecule has 35 heavy (non-hydrogen) atoms. The maximum absolute atomic E-state index is 13.0. The quantitative estimate of drug-likeness (QED) is 0.467. The van der Waals surface area contributed by atoms with Crippen LogP contribution < -0.4 is 10.6 Å². The molecular formula is C26H30ClN5O3. The number of rotatable bonds is 8. The first-order valence-corrected chi connectivity index (χ1v) is 12.3. The number of amides is 2. The highest BCUT2D eigenvalue weighted by Crippen LogP contribution is 2.24. The summed E-state index contributed by atoms with van der Waals surface area (Å²) in [5.74, 6) is 0.676. The molecule has 0 spiro atoms. The van der Waals surface area contributed by atoms with E-state index < -0.39 is 0 Å². The van der Waals surface area contributed by atoms with Gasteiger partial charge in [-0.05, 0) is 63.5 Å². The van der Waals surface area contributed by atoms with Gasteiger partial charge in [-0.2, -0.15) is 4.98 Å². The maximum Gasteiger partial charge on any atom is 0.253 e. The molecule has 2 amide bonds. The fourth-order valence-electron chi connectivity index (χ4n) is 4.04. The first kappa shape index (κ1) is 24.9. The summed E-state index contributed by atoms with van der Waals surface area (Å²) in [7, 11) is 0. The summed E-state index contributed by atoms with van der Waals surface area (Å²) in [4.78, 5) is 32.3. The first-order chi connectivity index (χ1) is 16.9. The van der Waals surface area contributed by atoms with Crippen LogP contribution in [0, 0.1) is 5.92 Å². The van der Waals surface area contributed by atoms with Crippen LogP contribution in [0.1, 0.15) is 49.4 Å². The molecule has 1 saturated heterocycles. The zero-order chi connectivity index (χ0) is 24.8. The molecule has 0 aliphatic carbocycles. The van der Waals surface area contributed by atoms with Gasteiger partial charge < -0.3 is 15.2 Å². The Kier molecular flexibility index (Phi) is 8.15. The third kappa shape index (κ3) is 6.46. The van der Waals surface area contributed by atoms with Crippen LogP contribution in [0.15, 0.2) is 53.1 Å². The van der Waals surface area contributed by atoms with Crippen molar-refractivity contribution in [3.05, 3.63) is 65.0 Å². The largest absolute Gasteiger partial charge is 0.350 e. The predicted molar refractivity (Wildman–Crippen MR) is 135 cm³/mol. The zero-order valence-electron chi connectivity index (χ0n) is 20.0. The van der Waals surface area contributed by atoms with Crippen LogP contribution in [0.25, 0.3) is 11.4 Å². The molecule has 1 aromatic heterocycles. The number of halogens is 1. The van der Waals surface area contributed by atoms with E-state index in [2.05, 4.69) is 25.7 Å². The molecule has 2 N–H and O–H groups in total. The van der Waals surface area contributed by atoms with Crippen molar-refractivity contribution in [2.24, 2.45) is 5.92 Å². The van der Waals surface area contributed by atoms with Crippen LogP contribution in [0.3, 0.4) is 0 Å². The van der Waals surface area contributed by atoms with Gasteiger partial charge in [0.25, 0.3) is 5.91 Å². The Balaban J connectivity index is 1.30. The van der Waals surface area contributed by atoms with Crippen LogP contribution in [0.4, 0.5) is 5.69 Å².